The summed E-state index contributed by atoms with van der Waals surface area (Å²) in [6.45, 7) is 0.953. The first-order chi connectivity index (χ1) is 13.7. The average Bonchev–Trinajstić information content (AvgIpc) is 2.74. The highest BCUT2D eigenvalue weighted by atomic mass is 16.5. The molecule has 0 aliphatic carbocycles. The molecule has 2 amide bonds. The normalized spacial score (nSPS) is 33.6. The molecule has 28 heavy (non-hydrogen) atoms. The molecule has 3 aliphatic heterocycles. The zero-order valence-electron chi connectivity index (χ0n) is 15.9. The summed E-state index contributed by atoms with van der Waals surface area (Å²) in [4.78, 5) is 29.7. The van der Waals surface area contributed by atoms with E-state index in [4.69, 9.17) is 9.47 Å². The van der Waals surface area contributed by atoms with Gasteiger partial charge in [0.1, 0.15) is 11.1 Å². The summed E-state index contributed by atoms with van der Waals surface area (Å²) < 4.78 is 11.5. The van der Waals surface area contributed by atoms with Crippen LogP contribution < -0.4 is 0 Å². The van der Waals surface area contributed by atoms with Crippen LogP contribution in [0.2, 0.25) is 0 Å². The number of ether oxygens (including phenoxy) is 2. The molecular weight excluding hydrogens is 356 g/mol. The van der Waals surface area contributed by atoms with Crippen LogP contribution in [0.25, 0.3) is 0 Å². The first-order valence-corrected chi connectivity index (χ1v) is 9.45. The van der Waals surface area contributed by atoms with Gasteiger partial charge in [-0.1, -0.05) is 60.7 Å². The van der Waals surface area contributed by atoms with Crippen molar-refractivity contribution in [2.45, 2.75) is 23.3 Å². The van der Waals surface area contributed by atoms with E-state index in [9.17, 15) is 9.59 Å². The molecule has 2 aromatic carbocycles. The van der Waals surface area contributed by atoms with E-state index in [-0.39, 0.29) is 11.8 Å². The summed E-state index contributed by atoms with van der Waals surface area (Å²) in [6, 6.07) is 19.8. The molecule has 3 fully saturated rings. The Bertz CT molecular complexity index is 837. The summed E-state index contributed by atoms with van der Waals surface area (Å²) in [5.41, 5.74) is 0.219. The molecule has 144 valence electrons. The van der Waals surface area contributed by atoms with Crippen LogP contribution in [0.5, 0.6) is 0 Å². The molecule has 0 radical (unpaired) electrons. The highest BCUT2D eigenvalue weighted by molar-refractivity contribution is 5.99. The van der Waals surface area contributed by atoms with Crippen LogP contribution in [0.4, 0.5) is 0 Å². The molecule has 2 aromatic rings. The first kappa shape index (κ1) is 17.4. The van der Waals surface area contributed by atoms with E-state index >= 15 is 0 Å². The number of hydrogen-bond donors (Lipinski definition) is 0. The van der Waals surface area contributed by atoms with E-state index in [1.54, 1.807) is 14.2 Å². The largest absolute Gasteiger partial charge is 0.369 e. The zero-order chi connectivity index (χ0) is 19.5. The van der Waals surface area contributed by atoms with Crippen LogP contribution in [-0.2, 0) is 30.1 Å². The number of methoxy groups -OCH3 is 2. The van der Waals surface area contributed by atoms with Crippen molar-refractivity contribution < 1.29 is 19.1 Å². The molecule has 0 saturated carbocycles. The number of nitrogens with zero attached hydrogens (tertiary/aromatic N) is 2. The van der Waals surface area contributed by atoms with Gasteiger partial charge in [0.15, 0.2) is 12.2 Å². The van der Waals surface area contributed by atoms with Crippen molar-refractivity contribution >= 4 is 11.8 Å². The fraction of sp³-hybridized carbons (Fsp3) is 0.364. The summed E-state index contributed by atoms with van der Waals surface area (Å²) in [5, 5.41) is 0. The Hall–Kier alpha value is -2.70. The molecular formula is C22H22N2O4. The van der Waals surface area contributed by atoms with E-state index in [1.807, 2.05) is 70.5 Å². The van der Waals surface area contributed by atoms with E-state index in [0.717, 1.165) is 11.1 Å². The number of carbonyl (C=O) groups excluding carboxylic acids is 2. The minimum absolute atomic E-state index is 0.0458. The molecule has 4 atom stereocenters. The van der Waals surface area contributed by atoms with Gasteiger partial charge in [0, 0.05) is 27.3 Å². The number of hydrogen-bond acceptors (Lipinski definition) is 4. The molecule has 0 bridgehead atoms. The molecule has 0 N–H and O–H groups in total. The van der Waals surface area contributed by atoms with Crippen molar-refractivity contribution in [1.82, 2.24) is 9.80 Å². The summed E-state index contributed by atoms with van der Waals surface area (Å²) in [5.74, 6) is -0.0916. The maximum atomic E-state index is 13.0. The summed E-state index contributed by atoms with van der Waals surface area (Å²) in [6.07, 6.45) is -1.38. The Morgan fingerprint density at radius 2 is 1.07 bits per heavy atom. The third-order valence-electron chi connectivity index (χ3n) is 6.62. The minimum Gasteiger partial charge on any atom is -0.369 e. The highest BCUT2D eigenvalue weighted by Gasteiger charge is 2.83. The smallest absolute Gasteiger partial charge is 0.255 e. The topological polar surface area (TPSA) is 59.1 Å². The molecule has 0 spiro atoms. The van der Waals surface area contributed by atoms with Crippen molar-refractivity contribution in [1.29, 1.82) is 0 Å². The summed E-state index contributed by atoms with van der Waals surface area (Å²) >= 11 is 0. The Morgan fingerprint density at radius 1 is 0.714 bits per heavy atom. The Kier molecular flexibility index (Phi) is 3.66. The van der Waals surface area contributed by atoms with Crippen LogP contribution in [-0.4, -0.2) is 61.1 Å². The highest BCUT2D eigenvalue weighted by Crippen LogP contribution is 2.65. The van der Waals surface area contributed by atoms with Crippen LogP contribution in [0.3, 0.4) is 0 Å². The van der Waals surface area contributed by atoms with Crippen LogP contribution in [0.15, 0.2) is 60.7 Å². The molecule has 3 saturated heterocycles. The van der Waals surface area contributed by atoms with Crippen molar-refractivity contribution in [2.75, 3.05) is 27.3 Å². The Labute approximate surface area is 163 Å². The lowest BCUT2D eigenvalue weighted by Crippen LogP contribution is -2.94. The van der Waals surface area contributed by atoms with Crippen LogP contribution in [0.1, 0.15) is 11.1 Å². The SMILES string of the molecule is COC1C(=O)N2CCN3C(=O)C(OC)[C@@]3(c3ccccc3)[C@@]12c1ccccc1. The second-order valence-electron chi connectivity index (χ2n) is 7.48. The predicted molar refractivity (Wildman–Crippen MR) is 101 cm³/mol. The monoisotopic (exact) mass is 378 g/mol. The fourth-order valence-corrected chi connectivity index (χ4v) is 5.70. The summed E-state index contributed by atoms with van der Waals surface area (Å²) in [7, 11) is 3.12. The van der Waals surface area contributed by atoms with Crippen molar-refractivity contribution in [3.8, 4) is 0 Å². The molecule has 6 nitrogen and oxygen atoms in total. The van der Waals surface area contributed by atoms with E-state index < -0.39 is 23.3 Å². The zero-order valence-corrected chi connectivity index (χ0v) is 15.9. The molecule has 3 heterocycles. The number of amides is 2. The Morgan fingerprint density at radius 3 is 1.39 bits per heavy atom. The number of β-lactam (4-membered cyclic amide) rings is 2. The van der Waals surface area contributed by atoms with Gasteiger partial charge in [-0.25, -0.2) is 0 Å². The van der Waals surface area contributed by atoms with Gasteiger partial charge < -0.3 is 19.3 Å². The third-order valence-corrected chi connectivity index (χ3v) is 6.62. The van der Waals surface area contributed by atoms with Gasteiger partial charge >= 0.3 is 0 Å². The second kappa shape index (κ2) is 5.90. The minimum atomic E-state index is -0.839. The van der Waals surface area contributed by atoms with Crippen molar-refractivity contribution in [2.24, 2.45) is 0 Å². The first-order valence-electron chi connectivity index (χ1n) is 9.45. The fourth-order valence-electron chi connectivity index (χ4n) is 5.70. The van der Waals surface area contributed by atoms with Crippen molar-refractivity contribution in [3.05, 3.63) is 71.8 Å². The van der Waals surface area contributed by atoms with Gasteiger partial charge in [-0.2, -0.15) is 0 Å². The lowest BCUT2D eigenvalue weighted by atomic mass is 9.52. The van der Waals surface area contributed by atoms with Crippen LogP contribution in [0, 0.1) is 0 Å². The van der Waals surface area contributed by atoms with Crippen molar-refractivity contribution in [3.63, 3.8) is 0 Å². The lowest BCUT2D eigenvalue weighted by molar-refractivity contribution is -0.290. The molecule has 0 aromatic heterocycles. The number of fused-ring (bicyclic) bond motifs is 3. The maximum Gasteiger partial charge on any atom is 0.255 e. The second-order valence-corrected chi connectivity index (χ2v) is 7.48. The van der Waals surface area contributed by atoms with Gasteiger partial charge in [0.2, 0.25) is 0 Å². The van der Waals surface area contributed by atoms with E-state index in [1.165, 1.54) is 0 Å². The Balaban J connectivity index is 1.86. The molecule has 3 aliphatic rings. The molecule has 2 unspecified atom stereocenters. The average molecular weight is 378 g/mol. The quantitative estimate of drug-likeness (QED) is 0.757. The number of piperazine rings is 1. The third kappa shape index (κ3) is 1.67. The van der Waals surface area contributed by atoms with Gasteiger partial charge in [-0.15, -0.1) is 0 Å². The standard InChI is InChI=1S/C22H22N2O4/c1-27-17-19(25)23-13-14-24-20(26)18(28-2)22(24,16-11-7-4-8-12-16)21(17,23)15-9-5-3-6-10-15/h3-12,17-18H,13-14H2,1-2H3/t17?,18?,21-,22+. The van der Waals surface area contributed by atoms with E-state index in [2.05, 4.69) is 0 Å². The molecule has 6 heteroatoms. The number of benzene rings is 2. The molecule has 5 rings (SSSR count). The van der Waals surface area contributed by atoms with E-state index in [0.29, 0.717) is 13.1 Å². The van der Waals surface area contributed by atoms with Gasteiger partial charge in [0.25, 0.3) is 11.8 Å². The van der Waals surface area contributed by atoms with Gasteiger partial charge in [-0.05, 0) is 11.1 Å². The lowest BCUT2D eigenvalue weighted by Gasteiger charge is -2.75. The van der Waals surface area contributed by atoms with Crippen LogP contribution >= 0.6 is 0 Å². The predicted octanol–water partition coefficient (Wildman–Crippen LogP) is 1.51. The van der Waals surface area contributed by atoms with Gasteiger partial charge in [0.05, 0.1) is 0 Å². The number of rotatable bonds is 4. The number of carbonyl (C=O) groups is 2. The van der Waals surface area contributed by atoms with Gasteiger partial charge in [-0.3, -0.25) is 9.59 Å². The maximum absolute atomic E-state index is 13.0.